The van der Waals surface area contributed by atoms with E-state index in [9.17, 15) is 5.11 Å². The van der Waals surface area contributed by atoms with Crippen LogP contribution in [-0.2, 0) is 6.54 Å². The Labute approximate surface area is 93.3 Å². The standard InChI is InChI=1S/C11H13N3O2/c1-16-10-4-2-9(3-5-10)11(15)6-14-8-12-7-13-14/h2-5,7-8,11,15H,6H2,1H3. The Bertz CT molecular complexity index is 425. The maximum atomic E-state index is 9.93. The molecule has 84 valence electrons. The van der Waals surface area contributed by atoms with Crippen molar-refractivity contribution in [3.63, 3.8) is 0 Å². The van der Waals surface area contributed by atoms with E-state index in [4.69, 9.17) is 4.74 Å². The average molecular weight is 219 g/mol. The zero-order valence-electron chi connectivity index (χ0n) is 8.95. The lowest BCUT2D eigenvalue weighted by Gasteiger charge is -2.11. The summed E-state index contributed by atoms with van der Waals surface area (Å²) in [5.74, 6) is 0.775. The molecule has 5 nitrogen and oxygen atoms in total. The normalized spacial score (nSPS) is 12.4. The minimum Gasteiger partial charge on any atom is -0.497 e. The minimum atomic E-state index is -0.590. The van der Waals surface area contributed by atoms with Crippen molar-refractivity contribution in [2.24, 2.45) is 0 Å². The Balaban J connectivity index is 2.05. The van der Waals surface area contributed by atoms with E-state index in [1.807, 2.05) is 24.3 Å². The lowest BCUT2D eigenvalue weighted by Crippen LogP contribution is -2.08. The number of rotatable bonds is 4. The molecule has 0 saturated heterocycles. The van der Waals surface area contributed by atoms with Crippen molar-refractivity contribution in [2.45, 2.75) is 12.6 Å². The molecule has 0 aliphatic carbocycles. The van der Waals surface area contributed by atoms with Crippen molar-refractivity contribution in [3.8, 4) is 5.75 Å². The summed E-state index contributed by atoms with van der Waals surface area (Å²) in [6, 6.07) is 7.31. The SMILES string of the molecule is COc1ccc(C(O)Cn2cncn2)cc1. The van der Waals surface area contributed by atoms with Crippen molar-refractivity contribution in [2.75, 3.05) is 7.11 Å². The molecule has 0 bridgehead atoms. The van der Waals surface area contributed by atoms with Crippen molar-refractivity contribution in [3.05, 3.63) is 42.5 Å². The lowest BCUT2D eigenvalue weighted by molar-refractivity contribution is 0.151. The van der Waals surface area contributed by atoms with E-state index in [-0.39, 0.29) is 0 Å². The number of benzene rings is 1. The third kappa shape index (κ3) is 2.38. The molecule has 0 aliphatic rings. The highest BCUT2D eigenvalue weighted by Gasteiger charge is 2.08. The summed E-state index contributed by atoms with van der Waals surface area (Å²) in [6.45, 7) is 0.395. The molecule has 1 aromatic carbocycles. The van der Waals surface area contributed by atoms with Crippen molar-refractivity contribution in [1.29, 1.82) is 0 Å². The number of aliphatic hydroxyl groups excluding tert-OH is 1. The molecular weight excluding hydrogens is 206 g/mol. The lowest BCUT2D eigenvalue weighted by atomic mass is 10.1. The third-order valence-electron chi connectivity index (χ3n) is 2.33. The van der Waals surface area contributed by atoms with Gasteiger partial charge in [0.25, 0.3) is 0 Å². The molecule has 0 saturated carbocycles. The van der Waals surface area contributed by atoms with Gasteiger partial charge in [0.05, 0.1) is 19.8 Å². The zero-order valence-corrected chi connectivity index (χ0v) is 8.95. The molecule has 1 heterocycles. The van der Waals surface area contributed by atoms with Crippen LogP contribution in [0.5, 0.6) is 5.75 Å². The van der Waals surface area contributed by atoms with Crippen LogP contribution in [0.3, 0.4) is 0 Å². The highest BCUT2D eigenvalue weighted by molar-refractivity contribution is 5.28. The summed E-state index contributed by atoms with van der Waals surface area (Å²) >= 11 is 0. The van der Waals surface area contributed by atoms with Gasteiger partial charge in [-0.2, -0.15) is 5.10 Å². The van der Waals surface area contributed by atoms with Gasteiger partial charge in [-0.1, -0.05) is 12.1 Å². The van der Waals surface area contributed by atoms with Crippen LogP contribution in [0.15, 0.2) is 36.9 Å². The van der Waals surface area contributed by atoms with Crippen molar-refractivity contribution in [1.82, 2.24) is 14.8 Å². The molecule has 0 spiro atoms. The average Bonchev–Trinajstić information content (AvgIpc) is 2.82. The first-order valence-corrected chi connectivity index (χ1v) is 4.94. The second-order valence-electron chi connectivity index (χ2n) is 3.41. The van der Waals surface area contributed by atoms with Crippen molar-refractivity contribution >= 4 is 0 Å². The number of hydrogen-bond donors (Lipinski definition) is 1. The molecule has 1 unspecified atom stereocenters. The molecule has 0 aliphatic heterocycles. The van der Waals surface area contributed by atoms with E-state index in [0.29, 0.717) is 6.54 Å². The van der Waals surface area contributed by atoms with E-state index < -0.39 is 6.10 Å². The van der Waals surface area contributed by atoms with Crippen LogP contribution in [0.2, 0.25) is 0 Å². The van der Waals surface area contributed by atoms with Gasteiger partial charge < -0.3 is 9.84 Å². The van der Waals surface area contributed by atoms with Gasteiger partial charge in [0.1, 0.15) is 18.4 Å². The van der Waals surface area contributed by atoms with Gasteiger partial charge in [-0.25, -0.2) is 4.98 Å². The van der Waals surface area contributed by atoms with Crippen LogP contribution >= 0.6 is 0 Å². The number of methoxy groups -OCH3 is 1. The van der Waals surface area contributed by atoms with Crippen LogP contribution in [0.25, 0.3) is 0 Å². The Kier molecular flexibility index (Phi) is 3.16. The maximum absolute atomic E-state index is 9.93. The molecule has 0 fully saturated rings. The predicted molar refractivity (Wildman–Crippen MR) is 58.0 cm³/mol. The van der Waals surface area contributed by atoms with Gasteiger partial charge in [0, 0.05) is 0 Å². The van der Waals surface area contributed by atoms with Gasteiger partial charge in [-0.3, -0.25) is 4.68 Å². The van der Waals surface area contributed by atoms with Crippen molar-refractivity contribution < 1.29 is 9.84 Å². The fourth-order valence-electron chi connectivity index (χ4n) is 1.44. The topological polar surface area (TPSA) is 60.2 Å². The summed E-state index contributed by atoms with van der Waals surface area (Å²) < 4.78 is 6.64. The Morgan fingerprint density at radius 1 is 1.38 bits per heavy atom. The quantitative estimate of drug-likeness (QED) is 0.834. The smallest absolute Gasteiger partial charge is 0.137 e. The fraction of sp³-hybridized carbons (Fsp3) is 0.273. The van der Waals surface area contributed by atoms with E-state index in [0.717, 1.165) is 11.3 Å². The summed E-state index contributed by atoms with van der Waals surface area (Å²) in [6.07, 6.45) is 2.43. The molecule has 1 N–H and O–H groups in total. The first-order chi connectivity index (χ1) is 7.79. The van der Waals surface area contributed by atoms with E-state index >= 15 is 0 Å². The highest BCUT2D eigenvalue weighted by Crippen LogP contribution is 2.18. The zero-order chi connectivity index (χ0) is 11.4. The highest BCUT2D eigenvalue weighted by atomic mass is 16.5. The molecule has 0 amide bonds. The number of aliphatic hydroxyl groups is 1. The van der Waals surface area contributed by atoms with E-state index in [1.165, 1.54) is 6.33 Å². The number of hydrogen-bond acceptors (Lipinski definition) is 4. The molecule has 0 radical (unpaired) electrons. The molecule has 1 atom stereocenters. The summed E-state index contributed by atoms with van der Waals surface area (Å²) in [5.41, 5.74) is 0.830. The Morgan fingerprint density at radius 2 is 2.12 bits per heavy atom. The predicted octanol–water partition coefficient (Wildman–Crippen LogP) is 1.02. The molecule has 16 heavy (non-hydrogen) atoms. The van der Waals surface area contributed by atoms with Gasteiger partial charge in [-0.15, -0.1) is 0 Å². The summed E-state index contributed by atoms with van der Waals surface area (Å²) in [7, 11) is 1.61. The fourth-order valence-corrected chi connectivity index (χ4v) is 1.44. The van der Waals surface area contributed by atoms with Gasteiger partial charge >= 0.3 is 0 Å². The van der Waals surface area contributed by atoms with Gasteiger partial charge in [-0.05, 0) is 17.7 Å². The summed E-state index contributed by atoms with van der Waals surface area (Å²) in [5, 5.41) is 13.9. The molecular formula is C11H13N3O2. The largest absolute Gasteiger partial charge is 0.497 e. The van der Waals surface area contributed by atoms with Crippen LogP contribution < -0.4 is 4.74 Å². The maximum Gasteiger partial charge on any atom is 0.137 e. The van der Waals surface area contributed by atoms with Gasteiger partial charge in [0.2, 0.25) is 0 Å². The molecule has 1 aromatic heterocycles. The van der Waals surface area contributed by atoms with Gasteiger partial charge in [0.15, 0.2) is 0 Å². The number of ether oxygens (including phenoxy) is 1. The summed E-state index contributed by atoms with van der Waals surface area (Å²) in [4.78, 5) is 3.82. The molecule has 5 heteroatoms. The van der Waals surface area contributed by atoms with Crippen LogP contribution in [0.4, 0.5) is 0 Å². The van der Waals surface area contributed by atoms with Crippen LogP contribution in [0, 0.1) is 0 Å². The van der Waals surface area contributed by atoms with Crippen LogP contribution in [-0.4, -0.2) is 27.0 Å². The van der Waals surface area contributed by atoms with Crippen LogP contribution in [0.1, 0.15) is 11.7 Å². The number of aromatic nitrogens is 3. The third-order valence-corrected chi connectivity index (χ3v) is 2.33. The Hall–Kier alpha value is -1.88. The second kappa shape index (κ2) is 4.76. The molecule has 2 aromatic rings. The Morgan fingerprint density at radius 3 is 2.69 bits per heavy atom. The first kappa shape index (κ1) is 10.6. The first-order valence-electron chi connectivity index (χ1n) is 4.94. The monoisotopic (exact) mass is 219 g/mol. The molecule has 2 rings (SSSR count). The second-order valence-corrected chi connectivity index (χ2v) is 3.41. The number of nitrogens with zero attached hydrogens (tertiary/aromatic N) is 3. The van der Waals surface area contributed by atoms with E-state index in [2.05, 4.69) is 10.1 Å². The van der Waals surface area contributed by atoms with E-state index in [1.54, 1.807) is 18.1 Å². The minimum absolute atomic E-state index is 0.395.